The Bertz CT molecular complexity index is 792. The van der Waals surface area contributed by atoms with Crippen LogP contribution in [0.15, 0.2) is 36.4 Å². The highest BCUT2D eigenvalue weighted by molar-refractivity contribution is 7.48. The van der Waals surface area contributed by atoms with Gasteiger partial charge in [-0.1, -0.05) is 92.4 Å². The van der Waals surface area contributed by atoms with Gasteiger partial charge in [-0.05, 0) is 47.2 Å². The van der Waals surface area contributed by atoms with Crippen LogP contribution in [0.2, 0.25) is 0 Å². The molecule has 2 atom stereocenters. The number of rotatable bonds is 8. The minimum atomic E-state index is -0.114. The minimum Gasteiger partial charge on any atom is -0.507 e. The molecule has 0 saturated carbocycles. The molecule has 0 aliphatic carbocycles. The molecule has 0 fully saturated rings. The summed E-state index contributed by atoms with van der Waals surface area (Å²) in [5.41, 5.74) is 4.34. The van der Waals surface area contributed by atoms with Crippen molar-refractivity contribution < 1.29 is 10.2 Å². The summed E-state index contributed by atoms with van der Waals surface area (Å²) >= 11 is 0. The number of phenolic OH excluding ortho intramolecular Hbond substituents is 1. The Morgan fingerprint density at radius 3 is 2.29 bits per heavy atom. The number of hydrogen-bond acceptors (Lipinski definition) is 2. The molecule has 2 N–H and O–H groups in total. The zero-order chi connectivity index (χ0) is 20.9. The van der Waals surface area contributed by atoms with Crippen molar-refractivity contribution in [3.05, 3.63) is 58.7 Å². The van der Waals surface area contributed by atoms with E-state index in [0.29, 0.717) is 14.3 Å². The normalized spacial score (nSPS) is 14.5. The van der Waals surface area contributed by atoms with Crippen LogP contribution in [0, 0.1) is 6.92 Å². The second-order valence-corrected chi connectivity index (χ2v) is 10.7. The fourth-order valence-corrected chi connectivity index (χ4v) is 5.64. The maximum absolute atomic E-state index is 11.1. The predicted molar refractivity (Wildman–Crippen MR) is 123 cm³/mol. The van der Waals surface area contributed by atoms with E-state index in [0.717, 1.165) is 42.4 Å². The molecular weight excluding hydrogens is 363 g/mol. The molecule has 2 nitrogen and oxygen atoms in total. The monoisotopic (exact) mass is 400 g/mol. The molecule has 0 radical (unpaired) electrons. The van der Waals surface area contributed by atoms with Crippen molar-refractivity contribution in [3.63, 3.8) is 0 Å². The number of aliphatic hydroxyl groups excluding tert-OH is 1. The van der Waals surface area contributed by atoms with Gasteiger partial charge in [0.05, 0.1) is 6.61 Å². The van der Waals surface area contributed by atoms with E-state index in [2.05, 4.69) is 58.9 Å². The van der Waals surface area contributed by atoms with Crippen LogP contribution in [-0.4, -0.2) is 10.2 Å². The van der Waals surface area contributed by atoms with E-state index in [4.69, 9.17) is 0 Å². The molecule has 2 aromatic carbocycles. The van der Waals surface area contributed by atoms with Gasteiger partial charge in [-0.3, -0.25) is 0 Å². The molecule has 0 aliphatic rings. The van der Waals surface area contributed by atoms with Gasteiger partial charge in [0.15, 0.2) is 0 Å². The number of aromatic hydroxyl groups is 1. The van der Waals surface area contributed by atoms with E-state index in [-0.39, 0.29) is 17.2 Å². The van der Waals surface area contributed by atoms with E-state index < -0.39 is 0 Å². The van der Waals surface area contributed by atoms with Gasteiger partial charge < -0.3 is 10.2 Å². The van der Waals surface area contributed by atoms with Crippen LogP contribution in [0.1, 0.15) is 82.6 Å². The molecule has 3 heteroatoms. The summed E-state index contributed by atoms with van der Waals surface area (Å²) in [6.07, 6.45) is 4.26. The Kier molecular flexibility index (Phi) is 7.71. The summed E-state index contributed by atoms with van der Waals surface area (Å²) in [5, 5.41) is 22.0. The highest BCUT2D eigenvalue weighted by Crippen LogP contribution is 2.52. The van der Waals surface area contributed by atoms with Crippen molar-refractivity contribution in [2.24, 2.45) is 0 Å². The standard InChI is InChI=1S/C25H37O2P/c1-7-9-14-25(8-2,28-22-13-11-10-12-19(22)17-26)21-16-20(24(4,5)6)15-18(3)23(21)27/h10-13,15-16,26-28H,7-9,14,17H2,1-6H3. The summed E-state index contributed by atoms with van der Waals surface area (Å²) in [5.74, 6) is 0.444. The van der Waals surface area contributed by atoms with Gasteiger partial charge in [-0.25, -0.2) is 0 Å². The van der Waals surface area contributed by atoms with Gasteiger partial charge in [0, 0.05) is 10.7 Å². The molecule has 0 aromatic heterocycles. The zero-order valence-corrected chi connectivity index (χ0v) is 19.4. The molecule has 2 rings (SSSR count). The Balaban J connectivity index is 2.67. The molecule has 28 heavy (non-hydrogen) atoms. The molecule has 0 spiro atoms. The summed E-state index contributed by atoms with van der Waals surface area (Å²) in [6.45, 7) is 13.2. The number of unbranched alkanes of at least 4 members (excludes halogenated alkanes) is 1. The lowest BCUT2D eigenvalue weighted by molar-refractivity contribution is 0.283. The molecule has 0 heterocycles. The maximum atomic E-state index is 11.1. The van der Waals surface area contributed by atoms with E-state index in [1.165, 1.54) is 10.9 Å². The van der Waals surface area contributed by atoms with Gasteiger partial charge in [0.25, 0.3) is 0 Å². The lowest BCUT2D eigenvalue weighted by Crippen LogP contribution is -2.25. The van der Waals surface area contributed by atoms with Crippen molar-refractivity contribution in [1.82, 2.24) is 0 Å². The highest BCUT2D eigenvalue weighted by Gasteiger charge is 2.35. The number of hydrogen-bond donors (Lipinski definition) is 2. The summed E-state index contributed by atoms with van der Waals surface area (Å²) < 4.78 is 0. The fourth-order valence-electron chi connectivity index (χ4n) is 3.81. The second-order valence-electron chi connectivity index (χ2n) is 8.92. The lowest BCUT2D eigenvalue weighted by Gasteiger charge is -2.36. The van der Waals surface area contributed by atoms with Gasteiger partial charge in [0.2, 0.25) is 0 Å². The van der Waals surface area contributed by atoms with E-state index in [9.17, 15) is 10.2 Å². The Hall–Kier alpha value is -1.37. The van der Waals surface area contributed by atoms with Crippen molar-refractivity contribution >= 4 is 13.9 Å². The smallest absolute Gasteiger partial charge is 0.122 e. The molecule has 154 valence electrons. The number of aryl methyl sites for hydroxylation is 1. The third-order valence-electron chi connectivity index (χ3n) is 5.80. The third-order valence-corrected chi connectivity index (χ3v) is 7.91. The molecular formula is C25H37O2P. The average Bonchev–Trinajstić information content (AvgIpc) is 2.66. The van der Waals surface area contributed by atoms with Crippen molar-refractivity contribution in [1.29, 1.82) is 0 Å². The number of aliphatic hydroxyl groups is 1. The van der Waals surface area contributed by atoms with Gasteiger partial charge >= 0.3 is 0 Å². The Morgan fingerprint density at radius 1 is 1.04 bits per heavy atom. The van der Waals surface area contributed by atoms with Crippen LogP contribution in [0.3, 0.4) is 0 Å². The third kappa shape index (κ3) is 4.97. The number of phenols is 1. The first-order valence-electron chi connectivity index (χ1n) is 10.5. The van der Waals surface area contributed by atoms with Gasteiger partial charge in [-0.2, -0.15) is 0 Å². The Morgan fingerprint density at radius 2 is 1.71 bits per heavy atom. The molecule has 2 unspecified atom stereocenters. The van der Waals surface area contributed by atoms with Crippen LogP contribution in [0.5, 0.6) is 5.75 Å². The molecule has 0 amide bonds. The largest absolute Gasteiger partial charge is 0.507 e. The highest BCUT2D eigenvalue weighted by atomic mass is 31.1. The predicted octanol–water partition coefficient (Wildman–Crippen LogP) is 6.29. The minimum absolute atomic E-state index is 0.0313. The van der Waals surface area contributed by atoms with E-state index in [1.807, 2.05) is 19.1 Å². The molecule has 0 bridgehead atoms. The van der Waals surface area contributed by atoms with Crippen molar-refractivity contribution in [2.75, 3.05) is 0 Å². The van der Waals surface area contributed by atoms with Crippen LogP contribution < -0.4 is 5.30 Å². The summed E-state index contributed by atoms with van der Waals surface area (Å²) in [6, 6.07) is 12.6. The fraction of sp³-hybridized carbons (Fsp3) is 0.520. The van der Waals surface area contributed by atoms with Crippen molar-refractivity contribution in [2.45, 2.75) is 84.4 Å². The van der Waals surface area contributed by atoms with Crippen molar-refractivity contribution in [3.8, 4) is 5.75 Å². The van der Waals surface area contributed by atoms with E-state index >= 15 is 0 Å². The second kappa shape index (κ2) is 9.42. The quantitative estimate of drug-likeness (QED) is 0.511. The summed E-state index contributed by atoms with van der Waals surface area (Å²) in [4.78, 5) is 0. The lowest BCUT2D eigenvalue weighted by atomic mass is 9.81. The van der Waals surface area contributed by atoms with Crippen LogP contribution in [-0.2, 0) is 17.2 Å². The number of benzene rings is 2. The van der Waals surface area contributed by atoms with Gasteiger partial charge in [-0.15, -0.1) is 0 Å². The van der Waals surface area contributed by atoms with E-state index in [1.54, 1.807) is 0 Å². The zero-order valence-electron chi connectivity index (χ0n) is 18.4. The Labute approximate surface area is 173 Å². The first-order valence-corrected chi connectivity index (χ1v) is 11.5. The average molecular weight is 401 g/mol. The molecule has 2 aromatic rings. The first kappa shape index (κ1) is 22.9. The molecule has 0 aliphatic heterocycles. The van der Waals surface area contributed by atoms with Crippen LogP contribution in [0.25, 0.3) is 0 Å². The van der Waals surface area contributed by atoms with Gasteiger partial charge in [0.1, 0.15) is 5.75 Å². The SMILES string of the molecule is CCCCC(CC)(Pc1ccccc1CO)c1cc(C(C)(C)C)cc(C)c1O. The molecule has 0 saturated heterocycles. The maximum Gasteiger partial charge on any atom is 0.122 e. The topological polar surface area (TPSA) is 40.5 Å². The van der Waals surface area contributed by atoms with Crippen LogP contribution in [0.4, 0.5) is 0 Å². The summed E-state index contributed by atoms with van der Waals surface area (Å²) in [7, 11) is 0.511. The van der Waals surface area contributed by atoms with Crippen LogP contribution >= 0.6 is 8.58 Å². The first-order chi connectivity index (χ1) is 13.2.